The van der Waals surface area contributed by atoms with Gasteiger partial charge in [0.2, 0.25) is 0 Å². The zero-order chi connectivity index (χ0) is 16.2. The minimum absolute atomic E-state index is 0.122. The first kappa shape index (κ1) is 18.4. The molecule has 0 aromatic carbocycles. The highest BCUT2D eigenvalue weighted by Crippen LogP contribution is 2.41. The van der Waals surface area contributed by atoms with Crippen molar-refractivity contribution in [2.45, 2.75) is 66.0 Å². The highest BCUT2D eigenvalue weighted by Gasteiger charge is 2.40. The Bertz CT molecular complexity index is 335. The first-order chi connectivity index (χ1) is 9.62. The molecule has 0 aliphatic heterocycles. The quantitative estimate of drug-likeness (QED) is 0.818. The second kappa shape index (κ2) is 7.59. The summed E-state index contributed by atoms with van der Waals surface area (Å²) in [4.78, 5) is 13.7. The van der Waals surface area contributed by atoms with Gasteiger partial charge in [0.25, 0.3) is 0 Å². The fourth-order valence-electron chi connectivity index (χ4n) is 3.31. The molecule has 1 fully saturated rings. The summed E-state index contributed by atoms with van der Waals surface area (Å²) >= 11 is 0. The number of ether oxygens (including phenoxy) is 1. The van der Waals surface area contributed by atoms with Crippen LogP contribution in [0.2, 0.25) is 0 Å². The van der Waals surface area contributed by atoms with E-state index in [1.165, 1.54) is 0 Å². The van der Waals surface area contributed by atoms with Crippen molar-refractivity contribution in [3.05, 3.63) is 0 Å². The van der Waals surface area contributed by atoms with Crippen molar-refractivity contribution in [3.63, 3.8) is 0 Å². The zero-order valence-electron chi connectivity index (χ0n) is 14.6. The van der Waals surface area contributed by atoms with E-state index in [4.69, 9.17) is 4.74 Å². The molecule has 4 heteroatoms. The van der Waals surface area contributed by atoms with Crippen LogP contribution < -0.4 is 0 Å². The number of rotatable bonds is 6. The molecule has 0 saturated heterocycles. The maximum atomic E-state index is 11.5. The lowest BCUT2D eigenvalue weighted by Gasteiger charge is -2.43. The molecule has 0 bridgehead atoms. The average Bonchev–Trinajstić information content (AvgIpc) is 2.36. The fourth-order valence-corrected chi connectivity index (χ4v) is 3.31. The van der Waals surface area contributed by atoms with Gasteiger partial charge in [0.15, 0.2) is 0 Å². The molecule has 0 aromatic rings. The summed E-state index contributed by atoms with van der Waals surface area (Å²) in [6.45, 7) is 12.3. The van der Waals surface area contributed by atoms with Gasteiger partial charge in [-0.1, -0.05) is 20.8 Å². The Labute approximate surface area is 129 Å². The van der Waals surface area contributed by atoms with E-state index in [1.54, 1.807) is 0 Å². The van der Waals surface area contributed by atoms with Crippen molar-refractivity contribution in [1.29, 1.82) is 0 Å². The minimum Gasteiger partial charge on any atom is -0.481 e. The molecule has 0 aromatic heterocycles. The second-order valence-corrected chi connectivity index (χ2v) is 7.79. The van der Waals surface area contributed by atoms with Gasteiger partial charge in [-0.2, -0.15) is 0 Å². The van der Waals surface area contributed by atoms with Crippen LogP contribution in [-0.2, 0) is 9.53 Å². The molecular formula is C17H33NO3. The van der Waals surface area contributed by atoms with Crippen LogP contribution in [0.25, 0.3) is 0 Å². The Hall–Kier alpha value is -0.610. The number of carbonyl (C=O) groups is 1. The average molecular weight is 299 g/mol. The number of carboxylic acids is 1. The van der Waals surface area contributed by atoms with Gasteiger partial charge in [0.1, 0.15) is 0 Å². The van der Waals surface area contributed by atoms with Gasteiger partial charge in [-0.05, 0) is 51.5 Å². The van der Waals surface area contributed by atoms with Crippen LogP contribution in [0.3, 0.4) is 0 Å². The smallest absolute Gasteiger partial charge is 0.308 e. The van der Waals surface area contributed by atoms with Gasteiger partial charge in [-0.15, -0.1) is 0 Å². The summed E-state index contributed by atoms with van der Waals surface area (Å²) in [6.07, 6.45) is 3.01. The molecule has 1 N–H and O–H groups in total. The summed E-state index contributed by atoms with van der Waals surface area (Å²) in [5.74, 6) is -0.303. The molecule has 3 atom stereocenters. The van der Waals surface area contributed by atoms with Crippen molar-refractivity contribution in [3.8, 4) is 0 Å². The Morgan fingerprint density at radius 3 is 2.43 bits per heavy atom. The molecule has 3 unspecified atom stereocenters. The fraction of sp³-hybridized carbons (Fsp3) is 0.941. The SMILES string of the molecule is CC(C)OCCN(C)C1CC(C(C)(C)C)CCC1C(=O)O. The van der Waals surface area contributed by atoms with Gasteiger partial charge in [0, 0.05) is 12.6 Å². The maximum absolute atomic E-state index is 11.5. The van der Waals surface area contributed by atoms with E-state index >= 15 is 0 Å². The van der Waals surface area contributed by atoms with Gasteiger partial charge in [-0.3, -0.25) is 4.79 Å². The van der Waals surface area contributed by atoms with Crippen molar-refractivity contribution >= 4 is 5.97 Å². The molecule has 1 aliphatic carbocycles. The van der Waals surface area contributed by atoms with Gasteiger partial charge in [0.05, 0.1) is 18.6 Å². The van der Waals surface area contributed by atoms with E-state index in [2.05, 4.69) is 25.7 Å². The van der Waals surface area contributed by atoms with E-state index in [1.807, 2.05) is 20.9 Å². The van der Waals surface area contributed by atoms with Crippen molar-refractivity contribution in [1.82, 2.24) is 4.90 Å². The van der Waals surface area contributed by atoms with E-state index in [-0.39, 0.29) is 23.5 Å². The highest BCUT2D eigenvalue weighted by atomic mass is 16.5. The molecule has 0 heterocycles. The third kappa shape index (κ3) is 5.59. The summed E-state index contributed by atoms with van der Waals surface area (Å²) in [5.41, 5.74) is 0.247. The summed E-state index contributed by atoms with van der Waals surface area (Å²) in [5, 5.41) is 9.50. The molecule has 4 nitrogen and oxygen atoms in total. The maximum Gasteiger partial charge on any atom is 0.308 e. The van der Waals surface area contributed by atoms with Crippen LogP contribution in [0.4, 0.5) is 0 Å². The third-order valence-electron chi connectivity index (χ3n) is 4.82. The topological polar surface area (TPSA) is 49.8 Å². The molecule has 0 amide bonds. The van der Waals surface area contributed by atoms with E-state index in [0.29, 0.717) is 12.5 Å². The van der Waals surface area contributed by atoms with Crippen molar-refractivity contribution < 1.29 is 14.6 Å². The van der Waals surface area contributed by atoms with Crippen LogP contribution in [0.1, 0.15) is 53.9 Å². The summed E-state index contributed by atoms with van der Waals surface area (Å²) in [7, 11) is 2.04. The number of nitrogens with zero attached hydrogens (tertiary/aromatic N) is 1. The first-order valence-corrected chi connectivity index (χ1v) is 8.17. The molecule has 21 heavy (non-hydrogen) atoms. The Morgan fingerprint density at radius 1 is 1.33 bits per heavy atom. The lowest BCUT2D eigenvalue weighted by molar-refractivity contribution is -0.146. The molecule has 124 valence electrons. The Morgan fingerprint density at radius 2 is 1.95 bits per heavy atom. The van der Waals surface area contributed by atoms with Crippen LogP contribution in [0.5, 0.6) is 0 Å². The minimum atomic E-state index is -0.649. The van der Waals surface area contributed by atoms with Gasteiger partial charge >= 0.3 is 5.97 Å². The monoisotopic (exact) mass is 299 g/mol. The van der Waals surface area contributed by atoms with Crippen molar-refractivity contribution in [2.24, 2.45) is 17.3 Å². The lowest BCUT2D eigenvalue weighted by Crippen LogP contribution is -2.48. The third-order valence-corrected chi connectivity index (χ3v) is 4.82. The lowest BCUT2D eigenvalue weighted by atomic mass is 9.67. The number of aliphatic carboxylic acids is 1. The zero-order valence-corrected chi connectivity index (χ0v) is 14.6. The van der Waals surface area contributed by atoms with Crippen LogP contribution in [0.15, 0.2) is 0 Å². The molecule has 1 aliphatic rings. The van der Waals surface area contributed by atoms with Gasteiger partial charge < -0.3 is 14.7 Å². The molecular weight excluding hydrogens is 266 g/mol. The summed E-state index contributed by atoms with van der Waals surface area (Å²) < 4.78 is 5.60. The largest absolute Gasteiger partial charge is 0.481 e. The molecule has 1 saturated carbocycles. The number of likely N-dealkylation sites (N-methyl/N-ethyl adjacent to an activating group) is 1. The predicted molar refractivity (Wildman–Crippen MR) is 85.4 cm³/mol. The Balaban J connectivity index is 2.68. The Kier molecular flexibility index (Phi) is 6.67. The number of hydrogen-bond donors (Lipinski definition) is 1. The van der Waals surface area contributed by atoms with Crippen LogP contribution in [0, 0.1) is 17.3 Å². The highest BCUT2D eigenvalue weighted by molar-refractivity contribution is 5.71. The standard InChI is InChI=1S/C17H33NO3/c1-12(2)21-10-9-18(6)15-11-13(17(3,4)5)7-8-14(15)16(19)20/h12-15H,7-11H2,1-6H3,(H,19,20). The van der Waals surface area contributed by atoms with E-state index in [0.717, 1.165) is 25.8 Å². The van der Waals surface area contributed by atoms with E-state index < -0.39 is 5.97 Å². The second-order valence-electron chi connectivity index (χ2n) is 7.79. The van der Waals surface area contributed by atoms with Gasteiger partial charge in [-0.25, -0.2) is 0 Å². The van der Waals surface area contributed by atoms with Crippen LogP contribution in [-0.4, -0.2) is 48.3 Å². The summed E-state index contributed by atoms with van der Waals surface area (Å²) in [6, 6.07) is 0.122. The number of hydrogen-bond acceptors (Lipinski definition) is 3. The normalized spacial score (nSPS) is 27.3. The molecule has 1 rings (SSSR count). The predicted octanol–water partition coefficient (Wildman–Crippen LogP) is 3.26. The molecule has 0 spiro atoms. The molecule has 0 radical (unpaired) electrons. The van der Waals surface area contributed by atoms with Crippen LogP contribution >= 0.6 is 0 Å². The first-order valence-electron chi connectivity index (χ1n) is 8.17. The van der Waals surface area contributed by atoms with Crippen molar-refractivity contribution in [2.75, 3.05) is 20.2 Å². The number of carboxylic acid groups (broad SMARTS) is 1. The van der Waals surface area contributed by atoms with E-state index in [9.17, 15) is 9.90 Å².